The van der Waals surface area contributed by atoms with Crippen molar-refractivity contribution >= 4 is 6.41 Å². The minimum atomic E-state index is -1.35. The molecule has 1 saturated heterocycles. The van der Waals surface area contributed by atoms with Gasteiger partial charge in [0.1, 0.15) is 29.7 Å². The number of ether oxygens (including phenoxy) is 3. The number of hydrogen-bond acceptors (Lipinski definition) is 13. The molecule has 220 valence electrons. The van der Waals surface area contributed by atoms with E-state index in [2.05, 4.69) is 16.0 Å². The molecule has 38 heavy (non-hydrogen) atoms. The summed E-state index contributed by atoms with van der Waals surface area (Å²) < 4.78 is 17.9. The molecule has 0 radical (unpaired) electrons. The summed E-state index contributed by atoms with van der Waals surface area (Å²) in [4.78, 5) is 11.4. The molecule has 2 aliphatic heterocycles. The smallest absolute Gasteiger partial charge is 0.207 e. The number of nitrogens with one attached hydrogen (secondary N) is 3. The second-order valence-corrected chi connectivity index (χ2v) is 10.7. The lowest BCUT2D eigenvalue weighted by atomic mass is 9.72. The van der Waals surface area contributed by atoms with Crippen molar-refractivity contribution in [3.05, 3.63) is 11.8 Å². The van der Waals surface area contributed by atoms with Crippen LogP contribution in [0.5, 0.6) is 0 Å². The molecule has 1 aliphatic carbocycles. The molecule has 2 heterocycles. The van der Waals surface area contributed by atoms with Crippen LogP contribution in [-0.4, -0.2) is 127 Å². The van der Waals surface area contributed by atoms with E-state index >= 15 is 0 Å². The molecule has 14 heteroatoms. The number of hydrogen-bond donors (Lipinski definition) is 10. The summed E-state index contributed by atoms with van der Waals surface area (Å²) in [5.41, 5.74) is 16.6. The Morgan fingerprint density at radius 3 is 2.66 bits per heavy atom. The fraction of sp³-hybridized carbons (Fsp3) is 0.875. The third-order valence-corrected chi connectivity index (χ3v) is 7.84. The number of aliphatic hydroxyl groups excluding tert-OH is 3. The van der Waals surface area contributed by atoms with E-state index in [-0.39, 0.29) is 32.2 Å². The van der Waals surface area contributed by atoms with Crippen molar-refractivity contribution in [2.75, 3.05) is 33.3 Å². The highest BCUT2D eigenvalue weighted by atomic mass is 16.7. The molecule has 14 nitrogen and oxygen atoms in total. The maximum Gasteiger partial charge on any atom is 0.207 e. The van der Waals surface area contributed by atoms with Gasteiger partial charge in [-0.3, -0.25) is 4.79 Å². The zero-order valence-corrected chi connectivity index (χ0v) is 22.1. The Morgan fingerprint density at radius 2 is 2.03 bits per heavy atom. The lowest BCUT2D eigenvalue weighted by Crippen LogP contribution is -2.69. The van der Waals surface area contributed by atoms with Gasteiger partial charge in [-0.1, -0.05) is 0 Å². The van der Waals surface area contributed by atoms with Gasteiger partial charge in [-0.2, -0.15) is 0 Å². The second kappa shape index (κ2) is 13.8. The molecule has 1 saturated carbocycles. The van der Waals surface area contributed by atoms with E-state index < -0.39 is 66.5 Å². The minimum absolute atomic E-state index is 0.120. The number of nitrogens with two attached hydrogens (primary N) is 3. The predicted octanol–water partition coefficient (Wildman–Crippen LogP) is -4.45. The van der Waals surface area contributed by atoms with Crippen molar-refractivity contribution in [1.29, 1.82) is 0 Å². The van der Waals surface area contributed by atoms with E-state index in [0.717, 1.165) is 0 Å². The summed E-state index contributed by atoms with van der Waals surface area (Å²) >= 11 is 0. The van der Waals surface area contributed by atoms with Gasteiger partial charge in [0.25, 0.3) is 0 Å². The van der Waals surface area contributed by atoms with E-state index in [4.69, 9.17) is 31.4 Å². The van der Waals surface area contributed by atoms with Crippen LogP contribution >= 0.6 is 0 Å². The number of aliphatic hydroxyl groups is 4. The van der Waals surface area contributed by atoms with Gasteiger partial charge in [0, 0.05) is 24.5 Å². The second-order valence-electron chi connectivity index (χ2n) is 10.7. The zero-order valence-electron chi connectivity index (χ0n) is 22.1. The SMILES string of the molecule is CN[C@@H]1[C@@H](O)[C@@H](O[C@H]2[C@H](NC=O)C[C@H](N)C([C@H]3OC(CN)=CC[C@H]3NCC(O)CCN)[C@@H]2O)OC[C@]1(C)O. The average molecular weight is 547 g/mol. The van der Waals surface area contributed by atoms with Gasteiger partial charge >= 0.3 is 0 Å². The molecule has 0 aromatic rings. The van der Waals surface area contributed by atoms with Crippen LogP contribution in [0.15, 0.2) is 11.8 Å². The molecule has 0 aromatic carbocycles. The molecule has 13 N–H and O–H groups in total. The first-order chi connectivity index (χ1) is 18.1. The van der Waals surface area contributed by atoms with Crippen LogP contribution < -0.4 is 33.2 Å². The quantitative estimate of drug-likeness (QED) is 0.104. The minimum Gasteiger partial charge on any atom is -0.492 e. The first kappa shape index (κ1) is 31.1. The van der Waals surface area contributed by atoms with E-state index in [1.807, 2.05) is 6.08 Å². The van der Waals surface area contributed by atoms with Crippen molar-refractivity contribution in [2.24, 2.45) is 23.1 Å². The number of likely N-dealkylation sites (N-methyl/N-ethyl adjacent to an activating group) is 1. The first-order valence-corrected chi connectivity index (χ1v) is 13.2. The first-order valence-electron chi connectivity index (χ1n) is 13.2. The lowest BCUT2D eigenvalue weighted by Gasteiger charge is -2.50. The molecular formula is C24H46N6O8. The topological polar surface area (TPSA) is 240 Å². The van der Waals surface area contributed by atoms with Crippen LogP contribution in [0.3, 0.4) is 0 Å². The van der Waals surface area contributed by atoms with Gasteiger partial charge < -0.3 is 67.8 Å². The Labute approximate surface area is 223 Å². The summed E-state index contributed by atoms with van der Waals surface area (Å²) in [7, 11) is 1.60. The normalized spacial score (nSPS) is 42.6. The van der Waals surface area contributed by atoms with Crippen LogP contribution in [0, 0.1) is 5.92 Å². The molecule has 2 unspecified atom stereocenters. The monoisotopic (exact) mass is 546 g/mol. The maximum atomic E-state index is 11.6. The van der Waals surface area contributed by atoms with Crippen molar-refractivity contribution in [3.8, 4) is 0 Å². The molecule has 0 aromatic heterocycles. The van der Waals surface area contributed by atoms with Crippen LogP contribution in [0.4, 0.5) is 0 Å². The van der Waals surface area contributed by atoms with Crippen molar-refractivity contribution < 1.29 is 39.4 Å². The van der Waals surface area contributed by atoms with Crippen molar-refractivity contribution in [2.45, 2.75) is 92.8 Å². The van der Waals surface area contributed by atoms with Gasteiger partial charge in [0.05, 0.1) is 37.4 Å². The Bertz CT molecular complexity index is 791. The van der Waals surface area contributed by atoms with Crippen LogP contribution in [-0.2, 0) is 19.0 Å². The molecule has 0 spiro atoms. The van der Waals surface area contributed by atoms with Gasteiger partial charge in [0.2, 0.25) is 6.41 Å². The van der Waals surface area contributed by atoms with Gasteiger partial charge in [-0.05, 0) is 45.9 Å². The molecule has 2 fully saturated rings. The number of amides is 1. The molecule has 3 aliphatic rings. The number of carbonyl (C=O) groups is 1. The van der Waals surface area contributed by atoms with E-state index in [9.17, 15) is 25.2 Å². The third kappa shape index (κ3) is 7.01. The summed E-state index contributed by atoms with van der Waals surface area (Å²) in [6, 6.07) is -2.33. The summed E-state index contributed by atoms with van der Waals surface area (Å²) in [5, 5.41) is 52.1. The lowest BCUT2D eigenvalue weighted by molar-refractivity contribution is -0.297. The molecule has 12 atom stereocenters. The van der Waals surface area contributed by atoms with Crippen LogP contribution in [0.1, 0.15) is 26.2 Å². The van der Waals surface area contributed by atoms with E-state index in [1.54, 1.807) is 7.05 Å². The van der Waals surface area contributed by atoms with Crippen LogP contribution in [0.2, 0.25) is 0 Å². The van der Waals surface area contributed by atoms with Crippen molar-refractivity contribution in [3.63, 3.8) is 0 Å². The maximum absolute atomic E-state index is 11.6. The Balaban J connectivity index is 1.83. The number of carbonyl (C=O) groups excluding carboxylic acids is 1. The summed E-state index contributed by atoms with van der Waals surface area (Å²) in [6.07, 6.45) is -2.38. The zero-order chi connectivity index (χ0) is 28.0. The van der Waals surface area contributed by atoms with Crippen molar-refractivity contribution in [1.82, 2.24) is 16.0 Å². The van der Waals surface area contributed by atoms with Crippen LogP contribution in [0.25, 0.3) is 0 Å². The Kier molecular flexibility index (Phi) is 11.3. The molecule has 3 rings (SSSR count). The number of rotatable bonds is 12. The highest BCUT2D eigenvalue weighted by Crippen LogP contribution is 2.36. The standard InChI is InChI=1S/C24H46N6O8/c1-24(35)10-36-23(19(34)22(24)28-2)38-21-16(30-11-31)7-14(27)17(18(21)33)20-15(4-3-13(8-26)37-20)29-9-12(32)5-6-25/h3,11-12,14-23,28-29,32-35H,4-10,25-27H2,1-2H3,(H,30,31)/t12?,14-,15+,16+,17?,18-,19+,20-,21-,22+,23+,24-/m0/s1. The largest absolute Gasteiger partial charge is 0.492 e. The molecule has 0 bridgehead atoms. The van der Waals surface area contributed by atoms with E-state index in [0.29, 0.717) is 31.6 Å². The fourth-order valence-electron chi connectivity index (χ4n) is 5.84. The summed E-state index contributed by atoms with van der Waals surface area (Å²) in [5.74, 6) is -0.0984. The highest BCUT2D eigenvalue weighted by Gasteiger charge is 2.53. The fourth-order valence-corrected chi connectivity index (χ4v) is 5.84. The molecular weight excluding hydrogens is 500 g/mol. The van der Waals surface area contributed by atoms with Gasteiger partial charge in [0.15, 0.2) is 6.29 Å². The average Bonchev–Trinajstić information content (AvgIpc) is 2.87. The van der Waals surface area contributed by atoms with Gasteiger partial charge in [-0.15, -0.1) is 0 Å². The van der Waals surface area contributed by atoms with E-state index in [1.165, 1.54) is 6.92 Å². The highest BCUT2D eigenvalue weighted by molar-refractivity contribution is 5.47. The van der Waals surface area contributed by atoms with Gasteiger partial charge in [-0.25, -0.2) is 0 Å². The summed E-state index contributed by atoms with van der Waals surface area (Å²) in [6.45, 7) is 2.20. The Morgan fingerprint density at radius 1 is 1.29 bits per heavy atom. The predicted molar refractivity (Wildman–Crippen MR) is 137 cm³/mol. The third-order valence-electron chi connectivity index (χ3n) is 7.84. The Hall–Kier alpha value is -1.43. The molecule has 1 amide bonds.